The van der Waals surface area contributed by atoms with E-state index in [9.17, 15) is 13.2 Å². The van der Waals surface area contributed by atoms with Crippen molar-refractivity contribution in [1.29, 1.82) is 0 Å². The van der Waals surface area contributed by atoms with Crippen molar-refractivity contribution in [3.63, 3.8) is 0 Å². The van der Waals surface area contributed by atoms with Crippen LogP contribution in [0, 0.1) is 13.8 Å². The Balaban J connectivity index is 1.54. The van der Waals surface area contributed by atoms with E-state index in [2.05, 4.69) is 20.1 Å². The van der Waals surface area contributed by atoms with Crippen LogP contribution in [0.1, 0.15) is 22.7 Å². The van der Waals surface area contributed by atoms with Gasteiger partial charge in [-0.3, -0.25) is 0 Å². The molecule has 0 amide bonds. The maximum Gasteiger partial charge on any atom is 0.416 e. The average Bonchev–Trinajstić information content (AvgIpc) is 3.23. The Kier molecular flexibility index (Phi) is 5.84. The predicted molar refractivity (Wildman–Crippen MR) is 111 cm³/mol. The van der Waals surface area contributed by atoms with Gasteiger partial charge in [0.1, 0.15) is 0 Å². The van der Waals surface area contributed by atoms with Gasteiger partial charge in [0.05, 0.1) is 5.56 Å². The van der Waals surface area contributed by atoms with E-state index in [0.29, 0.717) is 16.7 Å². The van der Waals surface area contributed by atoms with Crippen molar-refractivity contribution in [3.8, 4) is 28.7 Å². The van der Waals surface area contributed by atoms with Crippen LogP contribution in [0.2, 0.25) is 5.02 Å². The number of benzene rings is 2. The fraction of sp³-hybridized carbons (Fsp3) is 0.182. The zero-order valence-electron chi connectivity index (χ0n) is 16.9. The van der Waals surface area contributed by atoms with Gasteiger partial charge < -0.3 is 9.26 Å². The molecule has 0 aliphatic heterocycles. The van der Waals surface area contributed by atoms with Crippen LogP contribution in [0.15, 0.2) is 53.1 Å². The highest BCUT2D eigenvalue weighted by molar-refractivity contribution is 6.30. The lowest BCUT2D eigenvalue weighted by Crippen LogP contribution is -2.05. The number of nitrogens with zero attached hydrogens (tertiary/aromatic N) is 4. The maximum atomic E-state index is 12.9. The van der Waals surface area contributed by atoms with Crippen molar-refractivity contribution in [2.75, 3.05) is 0 Å². The molecule has 6 nitrogen and oxygen atoms in total. The molecule has 0 bridgehead atoms. The maximum absolute atomic E-state index is 12.9. The lowest BCUT2D eigenvalue weighted by atomic mass is 10.1. The highest BCUT2D eigenvalue weighted by Crippen LogP contribution is 2.31. The molecule has 0 N–H and O–H groups in total. The zero-order valence-corrected chi connectivity index (χ0v) is 17.7. The van der Waals surface area contributed by atoms with Crippen LogP contribution in [0.25, 0.3) is 22.8 Å². The summed E-state index contributed by atoms with van der Waals surface area (Å²) in [6.45, 7) is 3.53. The first-order chi connectivity index (χ1) is 15.2. The number of hydrogen-bond acceptors (Lipinski definition) is 6. The third kappa shape index (κ3) is 4.72. The van der Waals surface area contributed by atoms with Gasteiger partial charge in [-0.05, 0) is 38.1 Å². The van der Waals surface area contributed by atoms with E-state index in [4.69, 9.17) is 20.9 Å². The SMILES string of the molecule is Cc1nc(-c2cccc(Cl)c2)nc(OCc2nc(-c3cccc(C(F)(F)F)c3)no2)c1C. The van der Waals surface area contributed by atoms with Gasteiger partial charge in [-0.15, -0.1) is 0 Å². The van der Waals surface area contributed by atoms with E-state index >= 15 is 0 Å². The molecular weight excluding hydrogens is 445 g/mol. The Labute approximate surface area is 186 Å². The predicted octanol–water partition coefficient (Wildman–Crippen LogP) is 6.06. The van der Waals surface area contributed by atoms with Gasteiger partial charge in [0.2, 0.25) is 11.7 Å². The summed E-state index contributed by atoms with van der Waals surface area (Å²) in [4.78, 5) is 13.1. The number of hydrogen-bond donors (Lipinski definition) is 0. The monoisotopic (exact) mass is 460 g/mol. The summed E-state index contributed by atoms with van der Waals surface area (Å²) in [5.41, 5.74) is 1.58. The summed E-state index contributed by atoms with van der Waals surface area (Å²) >= 11 is 6.06. The zero-order chi connectivity index (χ0) is 22.9. The molecule has 4 aromatic rings. The first-order valence-corrected chi connectivity index (χ1v) is 9.82. The minimum atomic E-state index is -4.46. The molecular formula is C22H16ClF3N4O2. The summed E-state index contributed by atoms with van der Waals surface area (Å²) in [6, 6.07) is 11.8. The molecule has 0 saturated heterocycles. The standard InChI is InChI=1S/C22H16ClF3N4O2/c1-12-13(2)27-19(15-6-4-8-17(23)10-15)29-21(12)31-11-18-28-20(30-32-18)14-5-3-7-16(9-14)22(24,25)26/h3-10H,11H2,1-2H3. The quantitative estimate of drug-likeness (QED) is 0.360. The molecule has 32 heavy (non-hydrogen) atoms. The van der Waals surface area contributed by atoms with Crippen LogP contribution in [-0.4, -0.2) is 20.1 Å². The van der Waals surface area contributed by atoms with Gasteiger partial charge in [-0.25, -0.2) is 4.98 Å². The molecule has 0 aliphatic carbocycles. The van der Waals surface area contributed by atoms with Crippen molar-refractivity contribution < 1.29 is 22.4 Å². The number of halogens is 4. The van der Waals surface area contributed by atoms with E-state index in [1.54, 1.807) is 18.2 Å². The van der Waals surface area contributed by atoms with Crippen LogP contribution in [-0.2, 0) is 12.8 Å². The highest BCUT2D eigenvalue weighted by Gasteiger charge is 2.30. The van der Waals surface area contributed by atoms with Gasteiger partial charge in [0.15, 0.2) is 12.4 Å². The molecule has 0 aliphatic rings. The molecule has 2 heterocycles. The highest BCUT2D eigenvalue weighted by atomic mass is 35.5. The second-order valence-corrected chi connectivity index (χ2v) is 7.39. The number of rotatable bonds is 5. The van der Waals surface area contributed by atoms with E-state index in [1.807, 2.05) is 19.9 Å². The van der Waals surface area contributed by atoms with Crippen LogP contribution < -0.4 is 4.74 Å². The Hall–Kier alpha value is -3.46. The molecule has 0 unspecified atom stereocenters. The second kappa shape index (κ2) is 8.58. The topological polar surface area (TPSA) is 73.9 Å². The summed E-state index contributed by atoms with van der Waals surface area (Å²) in [6.07, 6.45) is -4.46. The fourth-order valence-corrected chi connectivity index (χ4v) is 3.09. The molecule has 0 spiro atoms. The average molecular weight is 461 g/mol. The summed E-state index contributed by atoms with van der Waals surface area (Å²) in [5.74, 6) is 0.898. The molecule has 164 valence electrons. The smallest absolute Gasteiger partial charge is 0.416 e. The fourth-order valence-electron chi connectivity index (χ4n) is 2.90. The van der Waals surface area contributed by atoms with Crippen molar-refractivity contribution in [3.05, 3.63) is 76.3 Å². The molecule has 10 heteroatoms. The number of alkyl halides is 3. The second-order valence-electron chi connectivity index (χ2n) is 6.95. The molecule has 2 aromatic heterocycles. The van der Waals surface area contributed by atoms with Gasteiger partial charge >= 0.3 is 6.18 Å². The molecule has 0 saturated carbocycles. The minimum Gasteiger partial charge on any atom is -0.467 e. The van der Waals surface area contributed by atoms with E-state index < -0.39 is 11.7 Å². The largest absolute Gasteiger partial charge is 0.467 e. The Bertz CT molecular complexity index is 1270. The molecule has 4 rings (SSSR count). The number of ether oxygens (including phenoxy) is 1. The normalized spacial score (nSPS) is 11.6. The Morgan fingerprint density at radius 3 is 2.38 bits per heavy atom. The Morgan fingerprint density at radius 1 is 0.938 bits per heavy atom. The van der Waals surface area contributed by atoms with Crippen molar-refractivity contribution in [1.82, 2.24) is 20.1 Å². The van der Waals surface area contributed by atoms with Gasteiger partial charge in [-0.2, -0.15) is 23.1 Å². The third-order valence-corrected chi connectivity index (χ3v) is 4.91. The van der Waals surface area contributed by atoms with E-state index in [1.165, 1.54) is 12.1 Å². The third-order valence-electron chi connectivity index (χ3n) is 4.68. The molecule has 0 atom stereocenters. The molecule has 0 fully saturated rings. The van der Waals surface area contributed by atoms with Crippen LogP contribution >= 0.6 is 11.6 Å². The number of aryl methyl sites for hydroxylation is 1. The lowest BCUT2D eigenvalue weighted by Gasteiger charge is -2.10. The van der Waals surface area contributed by atoms with Crippen LogP contribution in [0.5, 0.6) is 5.88 Å². The number of aromatic nitrogens is 4. The Morgan fingerprint density at radius 2 is 1.66 bits per heavy atom. The van der Waals surface area contributed by atoms with E-state index in [-0.39, 0.29) is 23.9 Å². The van der Waals surface area contributed by atoms with Crippen molar-refractivity contribution in [2.24, 2.45) is 0 Å². The van der Waals surface area contributed by atoms with Crippen molar-refractivity contribution in [2.45, 2.75) is 26.6 Å². The molecule has 0 radical (unpaired) electrons. The lowest BCUT2D eigenvalue weighted by molar-refractivity contribution is -0.137. The summed E-state index contributed by atoms with van der Waals surface area (Å²) in [5, 5.41) is 4.31. The summed E-state index contributed by atoms with van der Waals surface area (Å²) in [7, 11) is 0. The van der Waals surface area contributed by atoms with Gasteiger partial charge in [0, 0.05) is 27.4 Å². The molecule has 2 aromatic carbocycles. The van der Waals surface area contributed by atoms with Gasteiger partial charge in [0.25, 0.3) is 5.89 Å². The summed E-state index contributed by atoms with van der Waals surface area (Å²) < 4.78 is 49.7. The van der Waals surface area contributed by atoms with E-state index in [0.717, 1.165) is 29.0 Å². The minimum absolute atomic E-state index is 0.0323. The van der Waals surface area contributed by atoms with Crippen LogP contribution in [0.3, 0.4) is 0 Å². The van der Waals surface area contributed by atoms with Crippen LogP contribution in [0.4, 0.5) is 13.2 Å². The van der Waals surface area contributed by atoms with Crippen molar-refractivity contribution >= 4 is 11.6 Å². The van der Waals surface area contributed by atoms with Gasteiger partial charge in [-0.1, -0.05) is 41.0 Å². The first-order valence-electron chi connectivity index (χ1n) is 9.45. The first kappa shape index (κ1) is 21.8.